The summed E-state index contributed by atoms with van der Waals surface area (Å²) in [5.74, 6) is 0.0879. The molecule has 5 nitrogen and oxygen atoms in total. The van der Waals surface area contributed by atoms with E-state index in [4.69, 9.17) is 4.74 Å². The molecule has 0 radical (unpaired) electrons. The summed E-state index contributed by atoms with van der Waals surface area (Å²) in [6, 6.07) is 25.0. The van der Waals surface area contributed by atoms with Crippen molar-refractivity contribution in [3.8, 4) is 5.75 Å². The third-order valence-corrected chi connectivity index (χ3v) is 4.26. The van der Waals surface area contributed by atoms with Crippen molar-refractivity contribution >= 4 is 12.1 Å². The van der Waals surface area contributed by atoms with Gasteiger partial charge in [-0.2, -0.15) is 5.10 Å². The summed E-state index contributed by atoms with van der Waals surface area (Å²) >= 11 is 0. The van der Waals surface area contributed by atoms with E-state index in [1.54, 1.807) is 48.5 Å². The number of nitrogens with zero attached hydrogens (tertiary/aromatic N) is 1. The number of carbonyl (C=O) groups excluding carboxylic acids is 1. The second-order valence-electron chi connectivity index (χ2n) is 6.15. The van der Waals surface area contributed by atoms with Crippen LogP contribution in [0.1, 0.15) is 23.6 Å². The predicted octanol–water partition coefficient (Wildman–Crippen LogP) is 3.47. The maximum atomic E-state index is 12.9. The number of aliphatic hydroxyl groups is 1. The highest BCUT2D eigenvalue weighted by Crippen LogP contribution is 2.29. The van der Waals surface area contributed by atoms with Crippen LogP contribution in [0.5, 0.6) is 5.75 Å². The van der Waals surface area contributed by atoms with Gasteiger partial charge in [-0.05, 0) is 35.7 Å². The normalized spacial score (nSPS) is 11.4. The Kier molecular flexibility index (Phi) is 6.19. The molecule has 0 bridgehead atoms. The van der Waals surface area contributed by atoms with Gasteiger partial charge in [0.25, 0.3) is 5.91 Å². The maximum absolute atomic E-state index is 12.9. The molecule has 3 rings (SSSR count). The molecule has 0 spiro atoms. The van der Waals surface area contributed by atoms with Crippen molar-refractivity contribution in [3.05, 3.63) is 102 Å². The molecular formula is C23H22N2O3. The summed E-state index contributed by atoms with van der Waals surface area (Å²) in [5, 5.41) is 15.3. The summed E-state index contributed by atoms with van der Waals surface area (Å²) in [5.41, 5.74) is 2.31. The molecule has 0 unspecified atom stereocenters. The van der Waals surface area contributed by atoms with E-state index in [2.05, 4.69) is 10.5 Å². The van der Waals surface area contributed by atoms with Gasteiger partial charge in [-0.3, -0.25) is 4.79 Å². The Morgan fingerprint density at radius 1 is 1.00 bits per heavy atom. The van der Waals surface area contributed by atoms with Crippen LogP contribution in [-0.2, 0) is 10.4 Å². The predicted molar refractivity (Wildman–Crippen MR) is 109 cm³/mol. The number of nitrogens with one attached hydrogen (secondary N) is 1. The highest BCUT2D eigenvalue weighted by atomic mass is 16.5. The monoisotopic (exact) mass is 374 g/mol. The molecule has 0 saturated carbocycles. The van der Waals surface area contributed by atoms with Crippen LogP contribution in [-0.4, -0.2) is 23.8 Å². The molecule has 0 saturated heterocycles. The Bertz CT molecular complexity index is 901. The van der Waals surface area contributed by atoms with E-state index in [0.29, 0.717) is 17.7 Å². The van der Waals surface area contributed by atoms with Crippen molar-refractivity contribution in [1.82, 2.24) is 5.43 Å². The van der Waals surface area contributed by atoms with Crippen molar-refractivity contribution in [2.75, 3.05) is 6.61 Å². The van der Waals surface area contributed by atoms with Gasteiger partial charge in [-0.1, -0.05) is 72.8 Å². The molecule has 0 aliphatic rings. The van der Waals surface area contributed by atoms with Crippen LogP contribution in [0.4, 0.5) is 0 Å². The first kappa shape index (κ1) is 19.3. The Hall–Kier alpha value is -3.44. The lowest BCUT2D eigenvalue weighted by atomic mass is 9.85. The van der Waals surface area contributed by atoms with Crippen LogP contribution < -0.4 is 10.2 Å². The minimum atomic E-state index is -1.85. The molecule has 142 valence electrons. The SMILES string of the molecule is CCOc1cccc(C=NNC(=O)C(O)(c2ccccc2)c2ccccc2)c1. The van der Waals surface area contributed by atoms with Crippen molar-refractivity contribution in [2.45, 2.75) is 12.5 Å². The quantitative estimate of drug-likeness (QED) is 0.491. The fourth-order valence-electron chi connectivity index (χ4n) is 2.89. The second kappa shape index (κ2) is 8.97. The van der Waals surface area contributed by atoms with Gasteiger partial charge >= 0.3 is 0 Å². The molecule has 0 aliphatic carbocycles. The first-order valence-electron chi connectivity index (χ1n) is 9.04. The van der Waals surface area contributed by atoms with Crippen molar-refractivity contribution in [3.63, 3.8) is 0 Å². The van der Waals surface area contributed by atoms with E-state index in [0.717, 1.165) is 11.3 Å². The Balaban J connectivity index is 1.84. The topological polar surface area (TPSA) is 70.9 Å². The zero-order valence-corrected chi connectivity index (χ0v) is 15.6. The zero-order valence-electron chi connectivity index (χ0n) is 15.6. The van der Waals surface area contributed by atoms with Gasteiger partial charge in [0, 0.05) is 0 Å². The van der Waals surface area contributed by atoms with E-state index >= 15 is 0 Å². The van der Waals surface area contributed by atoms with Crippen LogP contribution in [0, 0.1) is 0 Å². The maximum Gasteiger partial charge on any atom is 0.281 e. The third kappa shape index (κ3) is 4.27. The molecule has 1 amide bonds. The first-order valence-corrected chi connectivity index (χ1v) is 9.04. The molecule has 2 N–H and O–H groups in total. The number of amides is 1. The van der Waals surface area contributed by atoms with E-state index < -0.39 is 11.5 Å². The average molecular weight is 374 g/mol. The number of hydrogen-bond donors (Lipinski definition) is 2. The molecular weight excluding hydrogens is 352 g/mol. The minimum Gasteiger partial charge on any atom is -0.494 e. The molecule has 28 heavy (non-hydrogen) atoms. The smallest absolute Gasteiger partial charge is 0.281 e. The van der Waals surface area contributed by atoms with Crippen LogP contribution in [0.15, 0.2) is 90.0 Å². The van der Waals surface area contributed by atoms with Crippen LogP contribution in [0.3, 0.4) is 0 Å². The highest BCUT2D eigenvalue weighted by Gasteiger charge is 2.39. The number of hydrazone groups is 1. The van der Waals surface area contributed by atoms with Gasteiger partial charge < -0.3 is 9.84 Å². The lowest BCUT2D eigenvalue weighted by Gasteiger charge is -2.27. The molecule has 3 aromatic carbocycles. The summed E-state index contributed by atoms with van der Waals surface area (Å²) < 4.78 is 5.45. The third-order valence-electron chi connectivity index (χ3n) is 4.26. The molecule has 0 fully saturated rings. The van der Waals surface area contributed by atoms with E-state index in [-0.39, 0.29) is 0 Å². The molecule has 0 aliphatic heterocycles. The molecule has 0 atom stereocenters. The van der Waals surface area contributed by atoms with E-state index in [1.807, 2.05) is 43.3 Å². The van der Waals surface area contributed by atoms with E-state index in [1.165, 1.54) is 6.21 Å². The summed E-state index contributed by atoms with van der Waals surface area (Å²) in [4.78, 5) is 12.9. The van der Waals surface area contributed by atoms with E-state index in [9.17, 15) is 9.90 Å². The van der Waals surface area contributed by atoms with Gasteiger partial charge in [0.1, 0.15) is 5.75 Å². The lowest BCUT2D eigenvalue weighted by molar-refractivity contribution is -0.136. The van der Waals surface area contributed by atoms with Crippen molar-refractivity contribution in [2.24, 2.45) is 5.10 Å². The Morgan fingerprint density at radius 2 is 1.61 bits per heavy atom. The fraction of sp³-hybridized carbons (Fsp3) is 0.130. The lowest BCUT2D eigenvalue weighted by Crippen LogP contribution is -2.43. The van der Waals surface area contributed by atoms with Crippen molar-refractivity contribution < 1.29 is 14.6 Å². The molecule has 0 heterocycles. The highest BCUT2D eigenvalue weighted by molar-refractivity contribution is 5.91. The Labute approximate surface area is 164 Å². The summed E-state index contributed by atoms with van der Waals surface area (Å²) in [7, 11) is 0. The average Bonchev–Trinajstić information content (AvgIpc) is 2.75. The molecule has 0 aromatic heterocycles. The number of rotatable bonds is 7. The molecule has 3 aromatic rings. The summed E-state index contributed by atoms with van der Waals surface area (Å²) in [6.45, 7) is 2.48. The zero-order chi connectivity index (χ0) is 19.8. The summed E-state index contributed by atoms with van der Waals surface area (Å²) in [6.07, 6.45) is 1.51. The first-order chi connectivity index (χ1) is 13.6. The number of carbonyl (C=O) groups is 1. The minimum absolute atomic E-state index is 0.465. The van der Waals surface area contributed by atoms with Crippen LogP contribution in [0.25, 0.3) is 0 Å². The van der Waals surface area contributed by atoms with Crippen LogP contribution in [0.2, 0.25) is 0 Å². The fourth-order valence-corrected chi connectivity index (χ4v) is 2.89. The van der Waals surface area contributed by atoms with Gasteiger partial charge in [0.2, 0.25) is 0 Å². The number of benzene rings is 3. The molecule has 5 heteroatoms. The number of hydrogen-bond acceptors (Lipinski definition) is 4. The number of ether oxygens (including phenoxy) is 1. The van der Waals surface area contributed by atoms with Gasteiger partial charge in [-0.15, -0.1) is 0 Å². The standard InChI is InChI=1S/C23H22N2O3/c1-2-28-21-15-9-10-18(16-21)17-24-25-22(26)23(27,19-11-5-3-6-12-19)20-13-7-4-8-14-20/h3-17,27H,2H2,1H3,(H,25,26). The van der Waals surface area contributed by atoms with Crippen LogP contribution >= 0.6 is 0 Å². The second-order valence-corrected chi connectivity index (χ2v) is 6.15. The van der Waals surface area contributed by atoms with Gasteiger partial charge in [0.15, 0.2) is 5.60 Å². The van der Waals surface area contributed by atoms with Crippen molar-refractivity contribution in [1.29, 1.82) is 0 Å². The van der Waals surface area contributed by atoms with Gasteiger partial charge in [-0.25, -0.2) is 5.43 Å². The Morgan fingerprint density at radius 3 is 2.18 bits per heavy atom. The van der Waals surface area contributed by atoms with Gasteiger partial charge in [0.05, 0.1) is 12.8 Å². The largest absolute Gasteiger partial charge is 0.494 e.